The zero-order valence-corrected chi connectivity index (χ0v) is 18.5. The number of urea groups is 1. The maximum Gasteiger partial charge on any atom is 0.490 e. The number of aromatic carboxylic acids is 1. The molecule has 184 valence electrons. The first kappa shape index (κ1) is 26.6. The summed E-state index contributed by atoms with van der Waals surface area (Å²) in [5.41, 5.74) is 7.41. The van der Waals surface area contributed by atoms with Gasteiger partial charge >= 0.3 is 24.1 Å². The molecule has 3 amide bonds. The van der Waals surface area contributed by atoms with Crippen LogP contribution in [0.1, 0.15) is 38.1 Å². The van der Waals surface area contributed by atoms with Crippen LogP contribution >= 0.6 is 11.3 Å². The lowest BCUT2D eigenvalue weighted by molar-refractivity contribution is -0.192. The zero-order chi connectivity index (χ0) is 25.6. The first-order chi connectivity index (χ1) is 15.8. The summed E-state index contributed by atoms with van der Waals surface area (Å²) in [7, 11) is 0. The van der Waals surface area contributed by atoms with Crippen LogP contribution in [0.2, 0.25) is 0 Å². The van der Waals surface area contributed by atoms with Crippen LogP contribution in [0.5, 0.6) is 0 Å². The number of carbonyl (C=O) groups is 4. The van der Waals surface area contributed by atoms with E-state index < -0.39 is 30.1 Å². The molecule has 6 N–H and O–H groups in total. The molecule has 2 heterocycles. The lowest BCUT2D eigenvalue weighted by Crippen LogP contribution is -2.30. The van der Waals surface area contributed by atoms with Gasteiger partial charge in [-0.25, -0.2) is 14.4 Å². The zero-order valence-electron chi connectivity index (χ0n) is 17.7. The Bertz CT molecular complexity index is 1090. The maximum absolute atomic E-state index is 12.3. The highest BCUT2D eigenvalue weighted by Gasteiger charge is 2.38. The molecule has 0 radical (unpaired) electrons. The Morgan fingerprint density at radius 3 is 2.18 bits per heavy atom. The summed E-state index contributed by atoms with van der Waals surface area (Å²) in [5, 5.41) is 21.8. The van der Waals surface area contributed by atoms with Gasteiger partial charge in [-0.1, -0.05) is 6.92 Å². The van der Waals surface area contributed by atoms with Crippen LogP contribution in [0.15, 0.2) is 24.3 Å². The van der Waals surface area contributed by atoms with Gasteiger partial charge in [0.2, 0.25) is 0 Å². The van der Waals surface area contributed by atoms with Gasteiger partial charge in [0.1, 0.15) is 5.00 Å². The standard InChI is InChI=1S/C18H20N4O4S.C2HF3O2/c1-2-22-8-7-12-13(9-22)27-16(14(12)15(19)23)21-18(26)20-11-5-3-10(4-6-11)17(24)25;3-2(4,5)1(6)7/h3-6H,2,7-9H2,1H3,(H2,19,23)(H,24,25)(H2,20,21,26);(H,6,7). The van der Waals surface area contributed by atoms with Gasteiger partial charge in [-0.2, -0.15) is 13.2 Å². The van der Waals surface area contributed by atoms with E-state index in [1.165, 1.54) is 35.6 Å². The number of amides is 3. The van der Waals surface area contributed by atoms with Gasteiger partial charge in [0.15, 0.2) is 0 Å². The summed E-state index contributed by atoms with van der Waals surface area (Å²) >= 11 is 1.36. The number of benzene rings is 1. The van der Waals surface area contributed by atoms with Crippen molar-refractivity contribution in [3.8, 4) is 0 Å². The van der Waals surface area contributed by atoms with E-state index in [0.717, 1.165) is 36.5 Å². The molecule has 1 aromatic heterocycles. The number of hydrogen-bond donors (Lipinski definition) is 5. The molecule has 14 heteroatoms. The van der Waals surface area contributed by atoms with Crippen LogP contribution < -0.4 is 16.4 Å². The van der Waals surface area contributed by atoms with Crippen LogP contribution in [0, 0.1) is 0 Å². The molecule has 0 saturated heterocycles. The fourth-order valence-electron chi connectivity index (χ4n) is 3.04. The average Bonchev–Trinajstić information content (AvgIpc) is 3.10. The van der Waals surface area contributed by atoms with Crippen molar-refractivity contribution >= 4 is 45.9 Å². The van der Waals surface area contributed by atoms with E-state index in [0.29, 0.717) is 16.3 Å². The minimum Gasteiger partial charge on any atom is -0.478 e. The Morgan fingerprint density at radius 1 is 1.12 bits per heavy atom. The molecule has 10 nitrogen and oxygen atoms in total. The van der Waals surface area contributed by atoms with E-state index in [2.05, 4.69) is 22.5 Å². The molecule has 0 spiro atoms. The number of carbonyl (C=O) groups excluding carboxylic acids is 2. The summed E-state index contributed by atoms with van der Waals surface area (Å²) in [6, 6.07) is 5.27. The molecule has 1 aliphatic heterocycles. The number of primary amides is 1. The summed E-state index contributed by atoms with van der Waals surface area (Å²) in [4.78, 5) is 47.3. The smallest absolute Gasteiger partial charge is 0.478 e. The monoisotopic (exact) mass is 502 g/mol. The summed E-state index contributed by atoms with van der Waals surface area (Å²) < 4.78 is 31.7. The van der Waals surface area contributed by atoms with Gasteiger partial charge in [0.25, 0.3) is 5.91 Å². The van der Waals surface area contributed by atoms with E-state index in [1.807, 2.05) is 0 Å². The SMILES string of the molecule is CCN1CCc2c(sc(NC(=O)Nc3ccc(C(=O)O)cc3)c2C(N)=O)C1.O=C(O)C(F)(F)F. The van der Waals surface area contributed by atoms with E-state index >= 15 is 0 Å². The fourth-order valence-corrected chi connectivity index (χ4v) is 4.33. The van der Waals surface area contributed by atoms with Gasteiger partial charge in [-0.05, 0) is 42.8 Å². The number of nitrogens with zero attached hydrogens (tertiary/aromatic N) is 1. The number of carboxylic acid groups (broad SMARTS) is 2. The summed E-state index contributed by atoms with van der Waals surface area (Å²) in [5.74, 6) is -4.35. The summed E-state index contributed by atoms with van der Waals surface area (Å²) in [6.07, 6.45) is -4.36. The average molecular weight is 502 g/mol. The third-order valence-corrected chi connectivity index (χ3v) is 5.82. The maximum atomic E-state index is 12.3. The number of fused-ring (bicyclic) bond motifs is 1. The Morgan fingerprint density at radius 2 is 1.71 bits per heavy atom. The lowest BCUT2D eigenvalue weighted by atomic mass is 10.0. The van der Waals surface area contributed by atoms with Gasteiger partial charge in [-0.15, -0.1) is 11.3 Å². The van der Waals surface area contributed by atoms with Gasteiger partial charge < -0.3 is 21.3 Å². The molecule has 0 bridgehead atoms. The molecule has 0 fully saturated rings. The van der Waals surface area contributed by atoms with Gasteiger partial charge in [0.05, 0.1) is 11.1 Å². The van der Waals surface area contributed by atoms with Crippen molar-refractivity contribution in [2.75, 3.05) is 23.7 Å². The van der Waals surface area contributed by atoms with E-state index in [9.17, 15) is 27.6 Å². The molecule has 34 heavy (non-hydrogen) atoms. The van der Waals surface area contributed by atoms with Crippen molar-refractivity contribution < 1.29 is 42.6 Å². The predicted molar refractivity (Wildman–Crippen MR) is 117 cm³/mol. The molecule has 2 aromatic rings. The van der Waals surface area contributed by atoms with Crippen molar-refractivity contribution in [3.05, 3.63) is 45.8 Å². The first-order valence-corrected chi connectivity index (χ1v) is 10.5. The second-order valence-corrected chi connectivity index (χ2v) is 8.06. The quantitative estimate of drug-likeness (QED) is 0.419. The number of alkyl halides is 3. The number of nitrogens with two attached hydrogens (primary N) is 1. The molecule has 0 aliphatic carbocycles. The highest BCUT2D eigenvalue weighted by atomic mass is 32.1. The number of halogens is 3. The number of anilines is 2. The van der Waals surface area contributed by atoms with Crippen molar-refractivity contribution in [1.29, 1.82) is 0 Å². The second-order valence-electron chi connectivity index (χ2n) is 6.96. The number of hydrogen-bond acceptors (Lipinski definition) is 6. The molecule has 1 aliphatic rings. The van der Waals surface area contributed by atoms with Crippen molar-refractivity contribution in [1.82, 2.24) is 4.90 Å². The second kappa shape index (κ2) is 11.0. The van der Waals surface area contributed by atoms with E-state index in [4.69, 9.17) is 20.7 Å². The van der Waals surface area contributed by atoms with Crippen molar-refractivity contribution in [2.24, 2.45) is 5.73 Å². The van der Waals surface area contributed by atoms with E-state index in [-0.39, 0.29) is 5.56 Å². The lowest BCUT2D eigenvalue weighted by Gasteiger charge is -2.25. The molecule has 0 atom stereocenters. The number of nitrogens with one attached hydrogen (secondary N) is 2. The van der Waals surface area contributed by atoms with Crippen LogP contribution in [0.25, 0.3) is 0 Å². The molecule has 3 rings (SSSR count). The largest absolute Gasteiger partial charge is 0.490 e. The number of carboxylic acids is 2. The van der Waals surface area contributed by atoms with Crippen LogP contribution in [0.3, 0.4) is 0 Å². The Labute approximate surface area is 195 Å². The Kier molecular flexibility index (Phi) is 8.59. The predicted octanol–water partition coefficient (Wildman–Crippen LogP) is 3.20. The molecular weight excluding hydrogens is 481 g/mol. The van der Waals surface area contributed by atoms with Crippen LogP contribution in [-0.2, 0) is 17.8 Å². The molecular formula is C20H21F3N4O6S. The number of aliphatic carboxylic acids is 1. The number of thiophene rings is 1. The normalized spacial score (nSPS) is 13.2. The van der Waals surface area contributed by atoms with Crippen LogP contribution in [-0.4, -0.2) is 58.3 Å². The topological polar surface area (TPSA) is 162 Å². The fraction of sp³-hybridized carbons (Fsp3) is 0.300. The Hall–Kier alpha value is -3.65. The van der Waals surface area contributed by atoms with Crippen molar-refractivity contribution in [3.63, 3.8) is 0 Å². The molecule has 0 saturated carbocycles. The van der Waals surface area contributed by atoms with Gasteiger partial charge in [0, 0.05) is 23.7 Å². The molecule has 1 aromatic carbocycles. The number of likely N-dealkylation sites (N-methyl/N-ethyl adjacent to an activating group) is 1. The van der Waals surface area contributed by atoms with E-state index in [1.54, 1.807) is 0 Å². The van der Waals surface area contributed by atoms with Crippen molar-refractivity contribution in [2.45, 2.75) is 26.1 Å². The highest BCUT2D eigenvalue weighted by molar-refractivity contribution is 7.17. The minimum atomic E-state index is -5.08. The van der Waals surface area contributed by atoms with Gasteiger partial charge in [-0.3, -0.25) is 15.0 Å². The molecule has 0 unspecified atom stereocenters. The first-order valence-electron chi connectivity index (χ1n) is 9.71. The third-order valence-electron chi connectivity index (χ3n) is 4.69. The van der Waals surface area contributed by atoms with Crippen LogP contribution in [0.4, 0.5) is 28.7 Å². The Balaban J connectivity index is 0.000000509. The highest BCUT2D eigenvalue weighted by Crippen LogP contribution is 2.37. The minimum absolute atomic E-state index is 0.128. The summed E-state index contributed by atoms with van der Waals surface area (Å²) in [6.45, 7) is 4.58. The number of rotatable bonds is 5. The third kappa shape index (κ3) is 6.92.